The number of benzene rings is 2. The number of ether oxygens (including phenoxy) is 1. The maximum atomic E-state index is 11.6. The zero-order valence-electron chi connectivity index (χ0n) is 9.32. The summed E-state index contributed by atoms with van der Waals surface area (Å²) in [5, 5.41) is 1.70. The molecule has 2 aromatic rings. The Bertz CT molecular complexity index is 636. The van der Waals surface area contributed by atoms with Crippen LogP contribution in [0.2, 0.25) is 0 Å². The SMILES string of the molecule is CCc1ccc2c3c(cccc13)C(=O)OC2=O. The fourth-order valence-electron chi connectivity index (χ4n) is 2.31. The van der Waals surface area contributed by atoms with Crippen molar-refractivity contribution in [3.05, 3.63) is 47.0 Å². The molecule has 0 radical (unpaired) electrons. The van der Waals surface area contributed by atoms with Crippen molar-refractivity contribution in [1.29, 1.82) is 0 Å². The summed E-state index contributed by atoms with van der Waals surface area (Å²) in [6.07, 6.45) is 0.865. The predicted octanol–water partition coefficient (Wildman–Crippen LogP) is 2.71. The van der Waals surface area contributed by atoms with E-state index < -0.39 is 11.9 Å². The van der Waals surface area contributed by atoms with E-state index in [1.807, 2.05) is 25.1 Å². The van der Waals surface area contributed by atoms with Gasteiger partial charge in [-0.2, -0.15) is 0 Å². The fourth-order valence-corrected chi connectivity index (χ4v) is 2.31. The Kier molecular flexibility index (Phi) is 2.01. The second-order valence-corrected chi connectivity index (χ2v) is 4.03. The monoisotopic (exact) mass is 226 g/mol. The van der Waals surface area contributed by atoms with Gasteiger partial charge in [0, 0.05) is 5.39 Å². The Hall–Kier alpha value is -2.16. The molecule has 0 atom stereocenters. The van der Waals surface area contributed by atoms with Crippen molar-refractivity contribution in [2.24, 2.45) is 0 Å². The van der Waals surface area contributed by atoms with Gasteiger partial charge in [0.1, 0.15) is 0 Å². The van der Waals surface area contributed by atoms with Crippen LogP contribution in [0.25, 0.3) is 10.8 Å². The van der Waals surface area contributed by atoms with Crippen molar-refractivity contribution in [3.8, 4) is 0 Å². The van der Waals surface area contributed by atoms with Gasteiger partial charge in [0.25, 0.3) is 0 Å². The van der Waals surface area contributed by atoms with Gasteiger partial charge < -0.3 is 4.74 Å². The number of hydrogen-bond donors (Lipinski definition) is 0. The third-order valence-corrected chi connectivity index (χ3v) is 3.14. The van der Waals surface area contributed by atoms with Crippen molar-refractivity contribution in [1.82, 2.24) is 0 Å². The topological polar surface area (TPSA) is 43.4 Å². The van der Waals surface area contributed by atoms with Crippen LogP contribution in [0, 0.1) is 0 Å². The molecule has 3 heteroatoms. The number of cyclic esters (lactones) is 2. The van der Waals surface area contributed by atoms with Gasteiger partial charge in [0.05, 0.1) is 11.1 Å². The highest BCUT2D eigenvalue weighted by molar-refractivity contribution is 6.21. The van der Waals surface area contributed by atoms with Crippen LogP contribution in [0.5, 0.6) is 0 Å². The van der Waals surface area contributed by atoms with Crippen LogP contribution < -0.4 is 0 Å². The minimum absolute atomic E-state index is 0.479. The quantitative estimate of drug-likeness (QED) is 0.554. The van der Waals surface area contributed by atoms with Gasteiger partial charge in [-0.3, -0.25) is 0 Å². The van der Waals surface area contributed by atoms with E-state index in [1.54, 1.807) is 12.1 Å². The van der Waals surface area contributed by atoms with E-state index in [1.165, 1.54) is 0 Å². The molecule has 0 bridgehead atoms. The van der Waals surface area contributed by atoms with Crippen molar-refractivity contribution in [2.75, 3.05) is 0 Å². The molecule has 84 valence electrons. The van der Waals surface area contributed by atoms with Crippen molar-refractivity contribution < 1.29 is 14.3 Å². The molecule has 0 amide bonds. The Balaban J connectivity index is 2.51. The molecule has 3 rings (SSSR count). The maximum absolute atomic E-state index is 11.6. The molecule has 1 aliphatic rings. The number of hydrogen-bond acceptors (Lipinski definition) is 3. The summed E-state index contributed by atoms with van der Waals surface area (Å²) in [5.41, 5.74) is 2.09. The lowest BCUT2D eigenvalue weighted by atomic mass is 9.93. The van der Waals surface area contributed by atoms with Crippen LogP contribution in [0.1, 0.15) is 33.2 Å². The molecule has 3 nitrogen and oxygen atoms in total. The van der Waals surface area contributed by atoms with Gasteiger partial charge in [-0.05, 0) is 29.5 Å². The van der Waals surface area contributed by atoms with Crippen LogP contribution in [-0.4, -0.2) is 11.9 Å². The first-order chi connectivity index (χ1) is 8.22. The molecule has 1 heterocycles. The van der Waals surface area contributed by atoms with E-state index in [0.29, 0.717) is 11.1 Å². The molecule has 2 aromatic carbocycles. The molecular formula is C14H10O3. The third-order valence-electron chi connectivity index (χ3n) is 3.14. The highest BCUT2D eigenvalue weighted by Gasteiger charge is 2.27. The maximum Gasteiger partial charge on any atom is 0.346 e. The molecule has 0 aromatic heterocycles. The van der Waals surface area contributed by atoms with Crippen molar-refractivity contribution in [2.45, 2.75) is 13.3 Å². The molecule has 0 saturated heterocycles. The molecule has 0 unspecified atom stereocenters. The highest BCUT2D eigenvalue weighted by atomic mass is 16.6. The normalized spacial score (nSPS) is 13.9. The molecule has 0 saturated carbocycles. The number of carbonyl (C=O) groups excluding carboxylic acids is 2. The summed E-state index contributed by atoms with van der Waals surface area (Å²) < 4.78 is 4.70. The summed E-state index contributed by atoms with van der Waals surface area (Å²) in [6.45, 7) is 2.05. The van der Waals surface area contributed by atoms with Gasteiger partial charge in [-0.15, -0.1) is 0 Å². The van der Waals surface area contributed by atoms with Crippen molar-refractivity contribution >= 4 is 22.7 Å². The Morgan fingerprint density at radius 3 is 2.41 bits per heavy atom. The fraction of sp³-hybridized carbons (Fsp3) is 0.143. The average Bonchev–Trinajstić information content (AvgIpc) is 2.35. The summed E-state index contributed by atoms with van der Waals surface area (Å²) in [4.78, 5) is 23.3. The Morgan fingerprint density at radius 1 is 1.00 bits per heavy atom. The molecular weight excluding hydrogens is 216 g/mol. The van der Waals surface area contributed by atoms with Gasteiger partial charge in [0.2, 0.25) is 0 Å². The number of rotatable bonds is 1. The second-order valence-electron chi connectivity index (χ2n) is 4.03. The molecule has 0 spiro atoms. The van der Waals surface area contributed by atoms with Crippen LogP contribution >= 0.6 is 0 Å². The van der Waals surface area contributed by atoms with Crippen LogP contribution in [-0.2, 0) is 11.2 Å². The second kappa shape index (κ2) is 3.42. The molecule has 1 aliphatic heterocycles. The number of carbonyl (C=O) groups is 2. The van der Waals surface area contributed by atoms with Gasteiger partial charge in [-0.1, -0.05) is 25.1 Å². The smallest absolute Gasteiger partial charge is 0.346 e. The van der Waals surface area contributed by atoms with Crippen LogP contribution in [0.4, 0.5) is 0 Å². The lowest BCUT2D eigenvalue weighted by molar-refractivity contribution is 0.0391. The summed E-state index contributed by atoms with van der Waals surface area (Å²) in [5.74, 6) is -1.11. The van der Waals surface area contributed by atoms with Gasteiger partial charge in [-0.25, -0.2) is 9.59 Å². The van der Waals surface area contributed by atoms with Crippen molar-refractivity contribution in [3.63, 3.8) is 0 Å². The van der Waals surface area contributed by atoms with Gasteiger partial charge >= 0.3 is 11.9 Å². The lowest BCUT2D eigenvalue weighted by Crippen LogP contribution is -2.19. The zero-order valence-corrected chi connectivity index (χ0v) is 9.32. The number of aryl methyl sites for hydroxylation is 1. The van der Waals surface area contributed by atoms with E-state index in [4.69, 9.17) is 4.74 Å². The first kappa shape index (κ1) is 10.0. The van der Waals surface area contributed by atoms with Gasteiger partial charge in [0.15, 0.2) is 0 Å². The van der Waals surface area contributed by atoms with Crippen LogP contribution in [0.15, 0.2) is 30.3 Å². The summed E-state index contributed by atoms with van der Waals surface area (Å²) >= 11 is 0. The highest BCUT2D eigenvalue weighted by Crippen LogP contribution is 2.30. The first-order valence-electron chi connectivity index (χ1n) is 5.53. The Labute approximate surface area is 98.0 Å². The largest absolute Gasteiger partial charge is 0.386 e. The van der Waals surface area contributed by atoms with E-state index in [9.17, 15) is 9.59 Å². The van der Waals surface area contributed by atoms with E-state index in [2.05, 4.69) is 0 Å². The number of esters is 2. The third kappa shape index (κ3) is 1.29. The minimum Gasteiger partial charge on any atom is -0.386 e. The molecule has 0 aliphatic carbocycles. The first-order valence-corrected chi connectivity index (χ1v) is 5.53. The molecule has 17 heavy (non-hydrogen) atoms. The minimum atomic E-state index is -0.554. The van der Waals surface area contributed by atoms with E-state index >= 15 is 0 Å². The van der Waals surface area contributed by atoms with E-state index in [-0.39, 0.29) is 0 Å². The standard InChI is InChI=1S/C14H10O3/c1-2-8-6-7-11-12-9(8)4-3-5-10(12)13(15)17-14(11)16/h3-7H,2H2,1H3. The van der Waals surface area contributed by atoms with E-state index in [0.717, 1.165) is 22.8 Å². The summed E-state index contributed by atoms with van der Waals surface area (Å²) in [7, 11) is 0. The lowest BCUT2D eigenvalue weighted by Gasteiger charge is -2.16. The van der Waals surface area contributed by atoms with Crippen LogP contribution in [0.3, 0.4) is 0 Å². The summed E-state index contributed by atoms with van der Waals surface area (Å²) in [6, 6.07) is 9.10. The average molecular weight is 226 g/mol. The predicted molar refractivity (Wildman–Crippen MR) is 63.1 cm³/mol. The molecule has 0 fully saturated rings. The Morgan fingerprint density at radius 2 is 1.71 bits per heavy atom. The molecule has 0 N–H and O–H groups in total. The zero-order chi connectivity index (χ0) is 12.0.